The predicted molar refractivity (Wildman–Crippen MR) is 162 cm³/mol. The highest BCUT2D eigenvalue weighted by atomic mass is 127. The molecule has 2 amide bonds. The molecule has 0 saturated carbocycles. The van der Waals surface area contributed by atoms with E-state index in [1.165, 1.54) is 13.8 Å². The number of hydrogen-bond acceptors (Lipinski definition) is 8. The van der Waals surface area contributed by atoms with Crippen LogP contribution < -0.4 is 5.32 Å². The number of halogens is 3. The summed E-state index contributed by atoms with van der Waals surface area (Å²) in [6, 6.07) is -0.833. The lowest BCUT2D eigenvalue weighted by Crippen LogP contribution is -2.52. The minimum atomic E-state index is -0.833. The number of nitrogens with one attached hydrogen (secondary N) is 1. The topological polar surface area (TPSA) is 88.1 Å². The van der Waals surface area contributed by atoms with Crippen LogP contribution >= 0.6 is 73.5 Å². The van der Waals surface area contributed by atoms with Crippen molar-refractivity contribution in [1.29, 1.82) is 0 Å². The van der Waals surface area contributed by atoms with E-state index in [2.05, 4.69) is 47.3 Å². The number of aliphatic imine (C=N–C) groups is 1. The highest BCUT2D eigenvalue weighted by Crippen LogP contribution is 2.34. The molecule has 13 heteroatoms. The lowest BCUT2D eigenvalue weighted by atomic mass is 9.92. The van der Waals surface area contributed by atoms with Crippen molar-refractivity contribution in [2.24, 2.45) is 10.4 Å². The van der Waals surface area contributed by atoms with Gasteiger partial charge in [-0.2, -0.15) is 0 Å². The molecule has 1 N–H and O–H groups in total. The number of hydrogen-bond donors (Lipinski definition) is 1. The zero-order valence-electron chi connectivity index (χ0n) is 21.0. The summed E-state index contributed by atoms with van der Waals surface area (Å²) in [5, 5.41) is 2.25. The highest BCUT2D eigenvalue weighted by Gasteiger charge is 2.31. The molecule has 7 nitrogen and oxygen atoms in total. The van der Waals surface area contributed by atoms with Gasteiger partial charge in [-0.3, -0.25) is 19.4 Å². The molecule has 0 bridgehead atoms. The number of nitrogens with zero attached hydrogens (tertiary/aromatic N) is 2. The van der Waals surface area contributed by atoms with Crippen LogP contribution in [0.5, 0.6) is 0 Å². The maximum absolute atomic E-state index is 13.3. The molecule has 0 rings (SSSR count). The number of rotatable bonds is 17. The van der Waals surface area contributed by atoms with Crippen molar-refractivity contribution in [3.63, 3.8) is 0 Å². The van der Waals surface area contributed by atoms with Crippen molar-refractivity contribution in [3.05, 3.63) is 11.8 Å². The Labute approximate surface area is 243 Å². The van der Waals surface area contributed by atoms with Crippen molar-refractivity contribution in [2.45, 2.75) is 83.1 Å². The summed E-state index contributed by atoms with van der Waals surface area (Å²) in [6.07, 6.45) is 4.45. The van der Waals surface area contributed by atoms with Crippen molar-refractivity contribution < 1.29 is 19.1 Å². The van der Waals surface area contributed by atoms with Crippen LogP contribution in [0, 0.1) is 5.41 Å². The average Bonchev–Trinajstić information content (AvgIpc) is 2.81. The normalized spacial score (nSPS) is 15.2. The monoisotopic (exact) mass is 699 g/mol. The summed E-state index contributed by atoms with van der Waals surface area (Å²) in [6.45, 7) is 12.2. The van der Waals surface area contributed by atoms with Gasteiger partial charge in [0, 0.05) is 28.6 Å². The van der Waals surface area contributed by atoms with Gasteiger partial charge in [-0.05, 0) is 97.6 Å². The third kappa shape index (κ3) is 14.1. The first-order valence-corrected chi connectivity index (χ1v) is 18.0. The molecule has 35 heavy (non-hydrogen) atoms. The van der Waals surface area contributed by atoms with Gasteiger partial charge in [-0.15, -0.1) is 0 Å². The van der Waals surface area contributed by atoms with E-state index in [4.69, 9.17) is 31.1 Å². The first-order chi connectivity index (χ1) is 16.5. The van der Waals surface area contributed by atoms with Gasteiger partial charge >= 0.3 is 5.97 Å². The maximum atomic E-state index is 13.3. The average molecular weight is 701 g/mol. The van der Waals surface area contributed by atoms with Gasteiger partial charge in [0.1, 0.15) is 6.04 Å². The van der Waals surface area contributed by atoms with Crippen molar-refractivity contribution in [2.75, 3.05) is 13.3 Å². The van der Waals surface area contributed by atoms with Crippen LogP contribution in [0.1, 0.15) is 67.2 Å². The van der Waals surface area contributed by atoms with Crippen LogP contribution in [0.4, 0.5) is 0 Å². The van der Waals surface area contributed by atoms with Crippen molar-refractivity contribution in [1.82, 2.24) is 10.2 Å². The lowest BCUT2D eigenvalue weighted by Gasteiger charge is -2.30. The van der Waals surface area contributed by atoms with Gasteiger partial charge in [0.2, 0.25) is 12.3 Å². The molecule has 0 aliphatic rings. The third-order valence-electron chi connectivity index (χ3n) is 4.95. The Balaban J connectivity index is 5.49. The fraction of sp³-hybridized carbons (Fsp3) is 0.727. The zero-order valence-corrected chi connectivity index (χ0v) is 27.1. The standard InChI is InChI=1S/C22H36Cl2IN3O4S3/c1-7-16(33-23)20(26-13-29)21(31)28(14-32-18(30)12-19(34-24)35-25)11-9-10-15(3)27-17(8-2)22(4,5)6/h8,13,16,19-20H,7,9-12,14H2,1-6H3,(H,26,29)/b17-8-,27-15?/t16-,19?,20?/m0/s1. The Morgan fingerprint density at radius 1 is 1.26 bits per heavy atom. The van der Waals surface area contributed by atoms with Gasteiger partial charge in [0.15, 0.2) is 6.73 Å². The second kappa shape index (κ2) is 19.3. The van der Waals surface area contributed by atoms with Crippen molar-refractivity contribution in [3.8, 4) is 0 Å². The molecule has 0 aromatic carbocycles. The molecule has 0 heterocycles. The summed E-state index contributed by atoms with van der Waals surface area (Å²) in [7, 11) is 15.2. The first kappa shape index (κ1) is 35.2. The maximum Gasteiger partial charge on any atom is 0.309 e. The van der Waals surface area contributed by atoms with Gasteiger partial charge in [-0.25, -0.2) is 0 Å². The molecule has 0 aliphatic heterocycles. The lowest BCUT2D eigenvalue weighted by molar-refractivity contribution is -0.153. The van der Waals surface area contributed by atoms with Crippen LogP contribution in [0.25, 0.3) is 0 Å². The van der Waals surface area contributed by atoms with Gasteiger partial charge in [-0.1, -0.05) is 42.7 Å². The fourth-order valence-corrected chi connectivity index (χ4v) is 7.78. The minimum Gasteiger partial charge on any atom is -0.444 e. The quantitative estimate of drug-likeness (QED) is 0.0577. The van der Waals surface area contributed by atoms with E-state index < -0.39 is 12.0 Å². The number of allylic oxidation sites excluding steroid dienone is 2. The molecule has 0 aliphatic carbocycles. The third-order valence-corrected chi connectivity index (χ3v) is 11.6. The van der Waals surface area contributed by atoms with Gasteiger partial charge in [0.25, 0.3) is 0 Å². The van der Waals surface area contributed by atoms with E-state index in [-0.39, 0.29) is 34.3 Å². The molecule has 202 valence electrons. The Kier molecular flexibility index (Phi) is 19.4. The van der Waals surface area contributed by atoms with E-state index in [9.17, 15) is 14.4 Å². The SMILES string of the molecule is C/C=C(\N=C(C)CCCN(COC(=O)CC(SCl)SI)C(=O)C(NC=O)[C@H](CC)SCl)C(C)(C)C. The van der Waals surface area contributed by atoms with Crippen LogP contribution in [0.15, 0.2) is 16.8 Å². The van der Waals surface area contributed by atoms with E-state index in [1.54, 1.807) is 0 Å². The van der Waals surface area contributed by atoms with Crippen LogP contribution in [-0.4, -0.2) is 58.0 Å². The number of carbonyl (C=O) groups excluding carboxylic acids is 3. The van der Waals surface area contributed by atoms with Crippen LogP contribution in [0.2, 0.25) is 0 Å². The summed E-state index contributed by atoms with van der Waals surface area (Å²) in [5.74, 6) is -0.806. The summed E-state index contributed by atoms with van der Waals surface area (Å²) < 4.78 is 5.25. The summed E-state index contributed by atoms with van der Waals surface area (Å²) in [4.78, 5) is 43.0. The van der Waals surface area contributed by atoms with E-state index in [0.29, 0.717) is 32.2 Å². The molecule has 0 fully saturated rings. The largest absolute Gasteiger partial charge is 0.444 e. The predicted octanol–water partition coefficient (Wildman–Crippen LogP) is 6.97. The van der Waals surface area contributed by atoms with Crippen molar-refractivity contribution >= 4 is 97.5 Å². The van der Waals surface area contributed by atoms with Gasteiger partial charge in [0.05, 0.1) is 11.0 Å². The van der Waals surface area contributed by atoms with E-state index >= 15 is 0 Å². The molecule has 0 aromatic heterocycles. The Morgan fingerprint density at radius 3 is 2.37 bits per heavy atom. The molecule has 3 atom stereocenters. The van der Waals surface area contributed by atoms with E-state index in [0.717, 1.165) is 33.4 Å². The Bertz CT molecular complexity index is 731. The first-order valence-electron chi connectivity index (χ1n) is 11.2. The number of ether oxygens (including phenoxy) is 1. The molecule has 0 spiro atoms. The molecule has 0 radical (unpaired) electrons. The molecule has 2 unspecified atom stereocenters. The summed E-state index contributed by atoms with van der Waals surface area (Å²) >= 11 is 2.08. The van der Waals surface area contributed by atoms with E-state index in [1.807, 2.05) is 26.8 Å². The Hall–Kier alpha value is 0.180. The number of amides is 2. The molecular weight excluding hydrogens is 664 g/mol. The fourth-order valence-electron chi connectivity index (χ4n) is 3.07. The number of esters is 1. The smallest absolute Gasteiger partial charge is 0.309 e. The number of carbonyl (C=O) groups is 3. The van der Waals surface area contributed by atoms with Crippen LogP contribution in [0.3, 0.4) is 0 Å². The highest BCUT2D eigenvalue weighted by molar-refractivity contribution is 14.2. The Morgan fingerprint density at radius 2 is 1.91 bits per heavy atom. The minimum absolute atomic E-state index is 0.0657. The zero-order chi connectivity index (χ0) is 27.0. The second-order valence-electron chi connectivity index (χ2n) is 8.73. The molecular formula is C22H36Cl2IN3O4S3. The van der Waals surface area contributed by atoms with Crippen LogP contribution in [-0.2, 0) is 19.1 Å². The second-order valence-corrected chi connectivity index (χ2v) is 13.9. The summed E-state index contributed by atoms with van der Waals surface area (Å²) in [5.41, 5.74) is 1.88. The molecule has 0 aromatic rings. The molecule has 0 saturated heterocycles. The van der Waals surface area contributed by atoms with Gasteiger partial charge < -0.3 is 15.0 Å².